The summed E-state index contributed by atoms with van der Waals surface area (Å²) in [6, 6.07) is 10.5. The van der Waals surface area contributed by atoms with Gasteiger partial charge in [-0.25, -0.2) is 0 Å². The first-order valence-electron chi connectivity index (χ1n) is 5.46. The van der Waals surface area contributed by atoms with Crippen LogP contribution in [-0.2, 0) is 12.4 Å². The molecule has 2 rings (SSSR count). The van der Waals surface area contributed by atoms with Gasteiger partial charge in [0.05, 0.1) is 11.1 Å². The Kier molecular flexibility index (Phi) is 3.50. The Hall–Kier alpha value is -1.98. The van der Waals surface area contributed by atoms with Gasteiger partial charge in [0.15, 0.2) is 0 Å². The number of alkyl halides is 6. The molecule has 0 aliphatic heterocycles. The predicted molar refractivity (Wildman–Crippen MR) is 60.7 cm³/mol. The van der Waals surface area contributed by atoms with Gasteiger partial charge in [0.25, 0.3) is 0 Å². The zero-order valence-electron chi connectivity index (χ0n) is 9.81. The minimum absolute atomic E-state index is 0.0362. The Morgan fingerprint density at radius 2 is 1.45 bits per heavy atom. The number of hydrogen-bond donors (Lipinski definition) is 0. The average molecular weight is 289 g/mol. The molecule has 0 saturated carbocycles. The summed E-state index contributed by atoms with van der Waals surface area (Å²) < 4.78 is 77.3. The first-order chi connectivity index (χ1) is 9.21. The summed E-state index contributed by atoms with van der Waals surface area (Å²) in [6.45, 7) is 0. The summed E-state index contributed by atoms with van der Waals surface area (Å²) >= 11 is 0. The van der Waals surface area contributed by atoms with Crippen LogP contribution in [0.4, 0.5) is 26.3 Å². The van der Waals surface area contributed by atoms with E-state index in [0.29, 0.717) is 6.07 Å². The Morgan fingerprint density at radius 3 is 1.95 bits per heavy atom. The van der Waals surface area contributed by atoms with Gasteiger partial charge in [0.2, 0.25) is 0 Å². The lowest BCUT2D eigenvalue weighted by Crippen LogP contribution is -2.17. The van der Waals surface area contributed by atoms with Crippen molar-refractivity contribution < 1.29 is 26.3 Å². The van der Waals surface area contributed by atoms with E-state index >= 15 is 0 Å². The van der Waals surface area contributed by atoms with E-state index in [9.17, 15) is 26.3 Å². The van der Waals surface area contributed by atoms with Gasteiger partial charge in [-0.1, -0.05) is 36.4 Å². The number of rotatable bonds is 1. The molecular formula is C14H7F6. The minimum atomic E-state index is -5.11. The molecule has 6 heteroatoms. The van der Waals surface area contributed by atoms with Gasteiger partial charge in [-0.15, -0.1) is 0 Å². The van der Waals surface area contributed by atoms with Gasteiger partial charge >= 0.3 is 12.4 Å². The van der Waals surface area contributed by atoms with E-state index in [0.717, 1.165) is 12.1 Å². The molecule has 0 saturated heterocycles. The standard InChI is InChI=1S/C14H7F6/c15-13(16,17)11-8-4-7-10(12(11)14(18,19)20)9-5-2-1-3-6-9/h1-5,7-8H. The summed E-state index contributed by atoms with van der Waals surface area (Å²) in [7, 11) is 0. The molecule has 2 aromatic carbocycles. The Bertz CT molecular complexity index is 595. The first kappa shape index (κ1) is 14.4. The van der Waals surface area contributed by atoms with Gasteiger partial charge < -0.3 is 0 Å². The van der Waals surface area contributed by atoms with Crippen LogP contribution in [0.3, 0.4) is 0 Å². The second-order valence-corrected chi connectivity index (χ2v) is 4.00. The van der Waals surface area contributed by atoms with Crippen molar-refractivity contribution in [3.63, 3.8) is 0 Å². The molecular weight excluding hydrogens is 282 g/mol. The van der Waals surface area contributed by atoms with Gasteiger partial charge in [0.1, 0.15) is 0 Å². The van der Waals surface area contributed by atoms with Crippen molar-refractivity contribution in [2.45, 2.75) is 12.4 Å². The van der Waals surface area contributed by atoms with Crippen LogP contribution in [-0.4, -0.2) is 0 Å². The van der Waals surface area contributed by atoms with Crippen molar-refractivity contribution >= 4 is 0 Å². The van der Waals surface area contributed by atoms with Crippen molar-refractivity contribution in [2.24, 2.45) is 0 Å². The van der Waals surface area contributed by atoms with Crippen molar-refractivity contribution in [1.82, 2.24) is 0 Å². The molecule has 1 radical (unpaired) electrons. The Balaban J connectivity index is 2.77. The van der Waals surface area contributed by atoms with Crippen LogP contribution in [0.15, 0.2) is 42.5 Å². The summed E-state index contributed by atoms with van der Waals surface area (Å²) in [6.07, 6.45) is -10.2. The molecule has 0 N–H and O–H groups in total. The average Bonchev–Trinajstić information content (AvgIpc) is 2.37. The Labute approximate surface area is 110 Å². The monoisotopic (exact) mass is 289 g/mol. The summed E-state index contributed by atoms with van der Waals surface area (Å²) in [4.78, 5) is 0. The SMILES string of the molecule is FC(F)(F)c1cccc(-c2[c]cccc2)c1C(F)(F)F. The zero-order valence-corrected chi connectivity index (χ0v) is 9.81. The molecule has 0 aromatic heterocycles. The third-order valence-corrected chi connectivity index (χ3v) is 2.65. The number of hydrogen-bond acceptors (Lipinski definition) is 0. The molecule has 0 aliphatic carbocycles. The topological polar surface area (TPSA) is 0 Å². The summed E-state index contributed by atoms with van der Waals surface area (Å²) in [5, 5.41) is 0. The van der Waals surface area contributed by atoms with Crippen LogP contribution in [0.25, 0.3) is 11.1 Å². The number of halogens is 6. The lowest BCUT2D eigenvalue weighted by Gasteiger charge is -2.19. The van der Waals surface area contributed by atoms with E-state index in [1.54, 1.807) is 0 Å². The molecule has 0 spiro atoms. The molecule has 0 amide bonds. The van der Waals surface area contributed by atoms with Crippen molar-refractivity contribution in [2.75, 3.05) is 0 Å². The van der Waals surface area contributed by atoms with Crippen LogP contribution in [0, 0.1) is 6.07 Å². The highest BCUT2D eigenvalue weighted by molar-refractivity contribution is 5.69. The highest BCUT2D eigenvalue weighted by Gasteiger charge is 2.44. The molecule has 0 nitrogen and oxygen atoms in total. The third kappa shape index (κ3) is 2.79. The summed E-state index contributed by atoms with van der Waals surface area (Å²) in [5.41, 5.74) is -3.95. The van der Waals surface area contributed by atoms with Crippen LogP contribution in [0.5, 0.6) is 0 Å². The minimum Gasteiger partial charge on any atom is -0.166 e. The molecule has 20 heavy (non-hydrogen) atoms. The van der Waals surface area contributed by atoms with E-state index in [-0.39, 0.29) is 5.56 Å². The molecule has 0 fully saturated rings. The van der Waals surface area contributed by atoms with Crippen LogP contribution in [0.1, 0.15) is 11.1 Å². The fraction of sp³-hybridized carbons (Fsp3) is 0.143. The maximum absolute atomic E-state index is 13.0. The van der Waals surface area contributed by atoms with E-state index in [4.69, 9.17) is 0 Å². The largest absolute Gasteiger partial charge is 0.417 e. The second kappa shape index (κ2) is 4.85. The maximum atomic E-state index is 13.0. The smallest absolute Gasteiger partial charge is 0.166 e. The number of benzene rings is 2. The zero-order chi connectivity index (χ0) is 15.0. The van der Waals surface area contributed by atoms with E-state index in [1.807, 2.05) is 0 Å². The molecule has 0 bridgehead atoms. The normalized spacial score (nSPS) is 12.5. The van der Waals surface area contributed by atoms with Crippen molar-refractivity contribution in [3.8, 4) is 11.1 Å². The van der Waals surface area contributed by atoms with Gasteiger partial charge in [-0.05, 0) is 23.3 Å². The molecule has 2 aromatic rings. The first-order valence-corrected chi connectivity index (χ1v) is 5.46. The van der Waals surface area contributed by atoms with Gasteiger partial charge in [-0.2, -0.15) is 26.3 Å². The fourth-order valence-corrected chi connectivity index (χ4v) is 1.88. The van der Waals surface area contributed by atoms with E-state index in [1.165, 1.54) is 24.3 Å². The van der Waals surface area contributed by atoms with Crippen molar-refractivity contribution in [3.05, 3.63) is 59.7 Å². The molecule has 0 heterocycles. The molecule has 0 aliphatic rings. The Morgan fingerprint density at radius 1 is 0.750 bits per heavy atom. The third-order valence-electron chi connectivity index (χ3n) is 2.65. The van der Waals surface area contributed by atoms with Crippen LogP contribution >= 0.6 is 0 Å². The highest BCUT2D eigenvalue weighted by Crippen LogP contribution is 2.44. The maximum Gasteiger partial charge on any atom is 0.417 e. The summed E-state index contributed by atoms with van der Waals surface area (Å²) in [5.74, 6) is 0. The highest BCUT2D eigenvalue weighted by atomic mass is 19.4. The predicted octanol–water partition coefficient (Wildman–Crippen LogP) is 5.19. The molecule has 0 unspecified atom stereocenters. The quantitative estimate of drug-likeness (QED) is 0.634. The lowest BCUT2D eigenvalue weighted by atomic mass is 9.94. The van der Waals surface area contributed by atoms with E-state index in [2.05, 4.69) is 6.07 Å². The van der Waals surface area contributed by atoms with E-state index < -0.39 is 29.0 Å². The second-order valence-electron chi connectivity index (χ2n) is 4.00. The van der Waals surface area contributed by atoms with Gasteiger partial charge in [0, 0.05) is 0 Å². The lowest BCUT2D eigenvalue weighted by molar-refractivity contribution is -0.161. The molecule has 0 atom stereocenters. The van der Waals surface area contributed by atoms with Crippen molar-refractivity contribution in [1.29, 1.82) is 0 Å². The fourth-order valence-electron chi connectivity index (χ4n) is 1.88. The van der Waals surface area contributed by atoms with Gasteiger partial charge in [-0.3, -0.25) is 0 Å². The van der Waals surface area contributed by atoms with Crippen LogP contribution in [0.2, 0.25) is 0 Å². The van der Waals surface area contributed by atoms with Crippen LogP contribution < -0.4 is 0 Å². The molecule has 105 valence electrons.